The summed E-state index contributed by atoms with van der Waals surface area (Å²) in [6.07, 6.45) is 1.69. The third kappa shape index (κ3) is 8.66. The summed E-state index contributed by atoms with van der Waals surface area (Å²) >= 11 is 0. The maximum absolute atomic E-state index is 13.9. The Morgan fingerprint density at radius 1 is 0.629 bits per heavy atom. The highest BCUT2D eigenvalue weighted by atomic mass is 32.2. The van der Waals surface area contributed by atoms with Gasteiger partial charge in [-0.05, 0) is 65.2 Å². The van der Waals surface area contributed by atoms with Crippen molar-refractivity contribution in [1.82, 2.24) is 0 Å². The first kappa shape index (κ1) is 42.5. The summed E-state index contributed by atoms with van der Waals surface area (Å²) in [5.74, 6) is -1.77. The fraction of sp³-hybridized carbons (Fsp3) is 0. The second kappa shape index (κ2) is 16.1. The highest BCUT2D eigenvalue weighted by molar-refractivity contribution is 7.95. The lowest BCUT2D eigenvalue weighted by Gasteiger charge is -2.20. The number of nitro groups is 1. The smallest absolute Gasteiger partial charge is 0.296 e. The van der Waals surface area contributed by atoms with E-state index in [9.17, 15) is 58.6 Å². The fourth-order valence-electron chi connectivity index (χ4n) is 6.19. The predicted molar refractivity (Wildman–Crippen MR) is 226 cm³/mol. The highest BCUT2D eigenvalue weighted by Crippen LogP contribution is 2.41. The van der Waals surface area contributed by atoms with Crippen molar-refractivity contribution >= 4 is 98.4 Å². The van der Waals surface area contributed by atoms with E-state index in [2.05, 4.69) is 31.3 Å². The molecule has 0 amide bonds. The van der Waals surface area contributed by atoms with E-state index in [1.165, 1.54) is 42.5 Å². The molecule has 0 fully saturated rings. The molecule has 0 aromatic heterocycles. The van der Waals surface area contributed by atoms with Crippen LogP contribution in [0.15, 0.2) is 139 Å². The van der Waals surface area contributed by atoms with Gasteiger partial charge in [0.25, 0.3) is 36.0 Å². The number of anilines is 3. The molecule has 0 unspecified atom stereocenters. The number of ketones is 2. The number of azo groups is 1. The second-order valence-electron chi connectivity index (χ2n) is 13.1. The Morgan fingerprint density at radius 2 is 1.21 bits per heavy atom. The molecule has 0 radical (unpaired) electrons. The molecule has 5 aromatic carbocycles. The van der Waals surface area contributed by atoms with Gasteiger partial charge in [-0.3, -0.25) is 44.2 Å². The minimum absolute atomic E-state index is 0.0476. The van der Waals surface area contributed by atoms with Gasteiger partial charge in [-0.1, -0.05) is 54.6 Å². The third-order valence-electron chi connectivity index (χ3n) is 9.08. The summed E-state index contributed by atoms with van der Waals surface area (Å²) in [5, 5.41) is 26.7. The van der Waals surface area contributed by atoms with Crippen molar-refractivity contribution in [2.45, 2.75) is 4.90 Å². The van der Waals surface area contributed by atoms with Crippen LogP contribution in [0.5, 0.6) is 0 Å². The average Bonchev–Trinajstić information content (AvgIpc) is 3.22. The number of fused-ring (bicyclic) bond motifs is 2. The third-order valence-corrected chi connectivity index (χ3v) is 11.7. The average molecular weight is 899 g/mol. The number of nitro benzene ring substituents is 1. The number of rotatable bonds is 11. The van der Waals surface area contributed by atoms with Gasteiger partial charge >= 0.3 is 0 Å². The number of non-ortho nitro benzene ring substituents is 1. The quantitative estimate of drug-likeness (QED) is 0.0279. The van der Waals surface area contributed by atoms with Crippen LogP contribution in [0.2, 0.25) is 0 Å². The number of hydrogen-bond donors (Lipinski definition) is 6. The van der Waals surface area contributed by atoms with E-state index in [1.54, 1.807) is 42.5 Å². The zero-order valence-electron chi connectivity index (χ0n) is 30.9. The summed E-state index contributed by atoms with van der Waals surface area (Å²) in [6, 6.07) is 24.2. The first-order valence-electron chi connectivity index (χ1n) is 17.3. The molecule has 7 N–H and O–H groups in total. The molecule has 0 spiro atoms. The molecule has 2 aliphatic rings. The minimum atomic E-state index is -5.21. The molecule has 314 valence electrons. The molecule has 2 aliphatic carbocycles. The first-order valence-corrected chi connectivity index (χ1v) is 21.6. The number of nitrogens with two attached hydrogens (primary N) is 1. The van der Waals surface area contributed by atoms with Crippen LogP contribution in [0.3, 0.4) is 0 Å². The van der Waals surface area contributed by atoms with Gasteiger partial charge in [0.15, 0.2) is 5.71 Å². The molecule has 24 heteroatoms. The second-order valence-corrected chi connectivity index (χ2v) is 17.2. The van der Waals surface area contributed by atoms with Gasteiger partial charge in [-0.15, -0.1) is 5.11 Å². The molecule has 21 nitrogen and oxygen atoms in total. The van der Waals surface area contributed by atoms with Crippen molar-refractivity contribution < 1.29 is 53.4 Å². The fourth-order valence-corrected chi connectivity index (χ4v) is 8.24. The zero-order valence-corrected chi connectivity index (χ0v) is 33.4. The van der Waals surface area contributed by atoms with Crippen LogP contribution in [-0.4, -0.2) is 66.8 Å². The largest absolute Gasteiger partial charge is 0.396 e. The lowest BCUT2D eigenvalue weighted by Crippen LogP contribution is -2.28. The number of nitrogen functional groups attached to an aromatic ring is 1. The van der Waals surface area contributed by atoms with Crippen molar-refractivity contribution in [2.75, 3.05) is 16.6 Å². The maximum Gasteiger partial charge on any atom is 0.296 e. The Kier molecular flexibility index (Phi) is 11.0. The summed E-state index contributed by atoms with van der Waals surface area (Å²) in [7, 11) is -15.1. The van der Waals surface area contributed by atoms with Gasteiger partial charge in [0.05, 0.1) is 33.2 Å². The molecule has 5 aromatic rings. The van der Waals surface area contributed by atoms with Crippen molar-refractivity contribution in [3.8, 4) is 11.1 Å². The van der Waals surface area contributed by atoms with Crippen LogP contribution in [0.4, 0.5) is 34.1 Å². The monoisotopic (exact) mass is 898 g/mol. The molecule has 0 atom stereocenters. The Hall–Kier alpha value is -7.61. The van der Waals surface area contributed by atoms with Gasteiger partial charge < -0.3 is 5.73 Å². The predicted octanol–water partition coefficient (Wildman–Crippen LogP) is 6.29. The van der Waals surface area contributed by atoms with Crippen LogP contribution in [0.25, 0.3) is 22.1 Å². The maximum atomic E-state index is 13.9. The van der Waals surface area contributed by atoms with Crippen LogP contribution in [0.1, 0.15) is 31.8 Å². The Bertz CT molecular complexity index is 3270. The molecular formula is C38H26N8O13S3. The van der Waals surface area contributed by atoms with Gasteiger partial charge in [0, 0.05) is 23.3 Å². The molecular weight excluding hydrogens is 873 g/mol. The topological polar surface area (TPSA) is 340 Å². The number of Topliss-reactive ketones (excluding diaryl/α,β-unsaturated/α-hetero) is 2. The Morgan fingerprint density at radius 3 is 1.77 bits per heavy atom. The van der Waals surface area contributed by atoms with E-state index in [4.69, 9.17) is 5.73 Å². The van der Waals surface area contributed by atoms with E-state index >= 15 is 0 Å². The summed E-state index contributed by atoms with van der Waals surface area (Å²) in [5.41, 5.74) is 9.46. The summed E-state index contributed by atoms with van der Waals surface area (Å²) in [6.45, 7) is 0. The number of nitrogens with one attached hydrogen (secondary N) is 2. The van der Waals surface area contributed by atoms with E-state index in [0.717, 1.165) is 18.2 Å². The van der Waals surface area contributed by atoms with Gasteiger partial charge in [0.1, 0.15) is 26.1 Å². The minimum Gasteiger partial charge on any atom is -0.396 e. The van der Waals surface area contributed by atoms with Crippen molar-refractivity contribution in [1.29, 1.82) is 0 Å². The first-order chi connectivity index (χ1) is 29.2. The SMILES string of the molecule is Nc1c(N=Nc2cccc([N+](=O)[O-])c2)c(S(=O)(=O)O)cc2c1C(=O)C(=NNc1ccc(-c3ccc(NN=C4C=C(S(=O)(=O)O)c5ccccc5C4=O)cc3)cc1)C(S(=O)(=O)O)=C2. The summed E-state index contributed by atoms with van der Waals surface area (Å²) < 4.78 is 103. The number of carbonyl (C=O) groups is 2. The Labute approximate surface area is 350 Å². The zero-order chi connectivity index (χ0) is 44.7. The normalized spacial score (nSPS) is 15.5. The number of benzene rings is 5. The Balaban J connectivity index is 1.13. The molecule has 0 bridgehead atoms. The summed E-state index contributed by atoms with van der Waals surface area (Å²) in [4.78, 5) is 34.8. The van der Waals surface area contributed by atoms with Crippen LogP contribution >= 0.6 is 0 Å². The number of allylic oxidation sites excluding steroid dienone is 2. The van der Waals surface area contributed by atoms with E-state index < -0.39 is 89.8 Å². The van der Waals surface area contributed by atoms with Gasteiger partial charge in [-0.25, -0.2) is 0 Å². The molecule has 0 heterocycles. The standard InChI is InChI=1S/C38H26N8O13S3/c39-34-33-22(16-31(61(54,55)56)35(34)44-42-25-4-3-5-26(18-25)46(49)50)17-32(62(57,58)59)36(38(33)48)45-41-24-14-10-21(11-15-24)20-8-12-23(13-9-20)40-43-29-19-30(60(51,52)53)27-6-1-2-7-28(27)37(29)47/h1-19,40-41H,39H2,(H,51,52,53)(H,54,55,56)(H,57,58,59). The number of carbonyl (C=O) groups excluding carboxylic acids is 2. The molecule has 0 aliphatic heterocycles. The lowest BCUT2D eigenvalue weighted by molar-refractivity contribution is -0.384. The van der Waals surface area contributed by atoms with Crippen molar-refractivity contribution in [3.63, 3.8) is 0 Å². The van der Waals surface area contributed by atoms with E-state index in [-0.39, 0.29) is 33.9 Å². The molecule has 0 saturated heterocycles. The number of hydrogen-bond acceptors (Lipinski definition) is 17. The van der Waals surface area contributed by atoms with Crippen LogP contribution < -0.4 is 16.6 Å². The highest BCUT2D eigenvalue weighted by Gasteiger charge is 2.37. The van der Waals surface area contributed by atoms with Crippen LogP contribution in [-0.2, 0) is 30.4 Å². The molecule has 0 saturated carbocycles. The van der Waals surface area contributed by atoms with Crippen LogP contribution in [0, 0.1) is 10.1 Å². The number of hydrazone groups is 2. The van der Waals surface area contributed by atoms with E-state index in [0.29, 0.717) is 29.0 Å². The molecule has 7 rings (SSSR count). The lowest BCUT2D eigenvalue weighted by atomic mass is 9.92. The van der Waals surface area contributed by atoms with Crippen molar-refractivity contribution in [3.05, 3.63) is 146 Å². The van der Waals surface area contributed by atoms with Gasteiger partial charge in [0.2, 0.25) is 11.6 Å². The van der Waals surface area contributed by atoms with Gasteiger partial charge in [-0.2, -0.15) is 40.6 Å². The number of nitrogens with zero attached hydrogens (tertiary/aromatic N) is 5. The molecule has 62 heavy (non-hydrogen) atoms. The van der Waals surface area contributed by atoms with E-state index in [1.807, 2.05) is 0 Å². The van der Waals surface area contributed by atoms with Crippen molar-refractivity contribution in [2.24, 2.45) is 20.4 Å².